The monoisotopic (exact) mass is 406 g/mol. The molecule has 1 aliphatic carbocycles. The Morgan fingerprint density at radius 1 is 0.724 bits per heavy atom. The Labute approximate surface area is 175 Å². The summed E-state index contributed by atoms with van der Waals surface area (Å²) >= 11 is 1.80. The van der Waals surface area contributed by atoms with Crippen LogP contribution in [-0.2, 0) is 0 Å². The predicted octanol–water partition coefficient (Wildman–Crippen LogP) is 4.37. The topological polar surface area (TPSA) is 58.0 Å². The van der Waals surface area contributed by atoms with Gasteiger partial charge in [-0.2, -0.15) is 0 Å². The molecule has 0 amide bonds. The maximum absolute atomic E-state index is 4.52. The van der Waals surface area contributed by atoms with E-state index in [4.69, 9.17) is 0 Å². The maximum Gasteiger partial charge on any atom is 0.208 e. The van der Waals surface area contributed by atoms with E-state index in [-0.39, 0.29) is 0 Å². The molecule has 1 aliphatic heterocycles. The van der Waals surface area contributed by atoms with Crippen molar-refractivity contribution in [3.63, 3.8) is 0 Å². The summed E-state index contributed by atoms with van der Waals surface area (Å²) < 4.78 is 0. The van der Waals surface area contributed by atoms with Crippen molar-refractivity contribution in [2.75, 3.05) is 36.0 Å². The van der Waals surface area contributed by atoms with Crippen molar-refractivity contribution in [1.29, 1.82) is 0 Å². The lowest BCUT2D eigenvalue weighted by molar-refractivity contribution is 0.440. The average Bonchev–Trinajstić information content (AvgIpc) is 3.31. The number of benzene rings is 1. The molecule has 0 radical (unpaired) electrons. The fourth-order valence-electron chi connectivity index (χ4n) is 4.25. The zero-order chi connectivity index (χ0) is 19.5. The van der Waals surface area contributed by atoms with Crippen LogP contribution in [-0.4, -0.2) is 46.6 Å². The summed E-state index contributed by atoms with van der Waals surface area (Å²) in [6, 6.07) is 14.3. The van der Waals surface area contributed by atoms with Gasteiger partial charge in [0.25, 0.3) is 0 Å². The Kier molecular flexibility index (Phi) is 5.39. The van der Waals surface area contributed by atoms with Gasteiger partial charge >= 0.3 is 0 Å². The summed E-state index contributed by atoms with van der Waals surface area (Å²) in [6.07, 6.45) is 6.60. The lowest BCUT2D eigenvalue weighted by atomic mass is 9.90. The van der Waals surface area contributed by atoms with Gasteiger partial charge in [-0.15, -0.1) is 20.4 Å². The molecular weight excluding hydrogens is 380 g/mol. The molecule has 0 atom stereocenters. The van der Waals surface area contributed by atoms with Gasteiger partial charge < -0.3 is 9.80 Å². The standard InChI is InChI=1S/C22H26N6S/c1-3-7-17(8-4-1)19-11-12-20(24-23-19)27-13-15-28(16-14-27)22-26-25-21(29-22)18-9-5-2-6-10-18/h1,3-4,7-8,11-12,18H,2,5-6,9-10,13-16H2. The van der Waals surface area contributed by atoms with Gasteiger partial charge in [0.05, 0.1) is 5.69 Å². The summed E-state index contributed by atoms with van der Waals surface area (Å²) in [4.78, 5) is 4.67. The van der Waals surface area contributed by atoms with Crippen LogP contribution in [0.15, 0.2) is 42.5 Å². The third-order valence-electron chi connectivity index (χ3n) is 5.98. The van der Waals surface area contributed by atoms with Crippen LogP contribution in [0.3, 0.4) is 0 Å². The highest BCUT2D eigenvalue weighted by molar-refractivity contribution is 7.15. The number of aromatic nitrogens is 4. The molecule has 7 heteroatoms. The quantitative estimate of drug-likeness (QED) is 0.641. The van der Waals surface area contributed by atoms with Crippen molar-refractivity contribution < 1.29 is 0 Å². The third kappa shape index (κ3) is 4.10. The molecule has 1 saturated heterocycles. The molecule has 0 spiro atoms. The van der Waals surface area contributed by atoms with Crippen LogP contribution < -0.4 is 9.80 Å². The van der Waals surface area contributed by atoms with Gasteiger partial charge in [0.2, 0.25) is 5.13 Å². The van der Waals surface area contributed by atoms with Gasteiger partial charge in [-0.05, 0) is 25.0 Å². The molecule has 29 heavy (non-hydrogen) atoms. The summed E-state index contributed by atoms with van der Waals surface area (Å²) in [5, 5.41) is 20.3. The van der Waals surface area contributed by atoms with Gasteiger partial charge in [-0.3, -0.25) is 0 Å². The van der Waals surface area contributed by atoms with Gasteiger partial charge in [0.1, 0.15) is 5.01 Å². The van der Waals surface area contributed by atoms with Crippen molar-refractivity contribution >= 4 is 22.3 Å². The Bertz CT molecular complexity index is 912. The Morgan fingerprint density at radius 3 is 2.21 bits per heavy atom. The van der Waals surface area contributed by atoms with Crippen LogP contribution >= 0.6 is 11.3 Å². The molecule has 2 aromatic heterocycles. The van der Waals surface area contributed by atoms with E-state index >= 15 is 0 Å². The SMILES string of the molecule is c1ccc(-c2ccc(N3CCN(c4nnc(C5CCCCC5)s4)CC3)nn2)cc1. The average molecular weight is 407 g/mol. The van der Waals surface area contributed by atoms with Gasteiger partial charge in [0.15, 0.2) is 5.82 Å². The summed E-state index contributed by atoms with van der Waals surface area (Å²) in [5.41, 5.74) is 2.01. The second-order valence-electron chi connectivity index (χ2n) is 7.87. The van der Waals surface area contributed by atoms with Gasteiger partial charge in [0, 0.05) is 37.7 Å². The van der Waals surface area contributed by atoms with E-state index in [0.29, 0.717) is 5.92 Å². The van der Waals surface area contributed by atoms with Gasteiger partial charge in [-0.1, -0.05) is 60.9 Å². The molecule has 0 N–H and O–H groups in total. The Morgan fingerprint density at radius 2 is 1.48 bits per heavy atom. The first-order chi connectivity index (χ1) is 14.4. The summed E-state index contributed by atoms with van der Waals surface area (Å²) in [7, 11) is 0. The maximum atomic E-state index is 4.52. The Balaban J connectivity index is 1.20. The molecule has 1 aromatic carbocycles. The van der Waals surface area contributed by atoms with E-state index in [9.17, 15) is 0 Å². The molecule has 150 valence electrons. The predicted molar refractivity (Wildman–Crippen MR) is 118 cm³/mol. The number of piperazine rings is 1. The number of hydrogen-bond donors (Lipinski definition) is 0. The molecule has 0 unspecified atom stereocenters. The Hall–Kier alpha value is -2.54. The minimum Gasteiger partial charge on any atom is -0.352 e. The molecule has 1 saturated carbocycles. The van der Waals surface area contributed by atoms with Crippen LogP contribution in [0.25, 0.3) is 11.3 Å². The minimum atomic E-state index is 0.634. The summed E-state index contributed by atoms with van der Waals surface area (Å²) in [5.74, 6) is 1.58. The van der Waals surface area contributed by atoms with Crippen LogP contribution in [0.1, 0.15) is 43.0 Å². The molecular formula is C22H26N6S. The lowest BCUT2D eigenvalue weighted by Crippen LogP contribution is -2.46. The smallest absolute Gasteiger partial charge is 0.208 e. The second-order valence-corrected chi connectivity index (χ2v) is 8.86. The lowest BCUT2D eigenvalue weighted by Gasteiger charge is -2.34. The van der Waals surface area contributed by atoms with Crippen molar-refractivity contribution in [3.8, 4) is 11.3 Å². The zero-order valence-electron chi connectivity index (χ0n) is 16.6. The first-order valence-corrected chi connectivity index (χ1v) is 11.4. The van der Waals surface area contributed by atoms with E-state index in [2.05, 4.69) is 54.5 Å². The highest BCUT2D eigenvalue weighted by Gasteiger charge is 2.24. The van der Waals surface area contributed by atoms with Crippen LogP contribution in [0.2, 0.25) is 0 Å². The van der Waals surface area contributed by atoms with E-state index in [1.165, 1.54) is 37.1 Å². The van der Waals surface area contributed by atoms with E-state index < -0.39 is 0 Å². The minimum absolute atomic E-state index is 0.634. The summed E-state index contributed by atoms with van der Waals surface area (Å²) in [6.45, 7) is 3.75. The molecule has 0 bridgehead atoms. The molecule has 3 aromatic rings. The van der Waals surface area contributed by atoms with E-state index in [1.807, 2.05) is 18.2 Å². The number of hydrogen-bond acceptors (Lipinski definition) is 7. The van der Waals surface area contributed by atoms with Crippen molar-refractivity contribution in [2.45, 2.75) is 38.0 Å². The largest absolute Gasteiger partial charge is 0.352 e. The molecule has 3 heterocycles. The number of rotatable bonds is 4. The van der Waals surface area contributed by atoms with E-state index in [0.717, 1.165) is 48.4 Å². The zero-order valence-corrected chi connectivity index (χ0v) is 17.4. The highest BCUT2D eigenvalue weighted by atomic mass is 32.1. The first-order valence-electron chi connectivity index (χ1n) is 10.6. The molecule has 5 rings (SSSR count). The number of anilines is 2. The van der Waals surface area contributed by atoms with E-state index in [1.54, 1.807) is 11.3 Å². The molecule has 6 nitrogen and oxygen atoms in total. The molecule has 2 fully saturated rings. The fraction of sp³-hybridized carbons (Fsp3) is 0.455. The van der Waals surface area contributed by atoms with Crippen molar-refractivity contribution in [2.24, 2.45) is 0 Å². The van der Waals surface area contributed by atoms with Crippen molar-refractivity contribution in [1.82, 2.24) is 20.4 Å². The normalized spacial score (nSPS) is 18.2. The van der Waals surface area contributed by atoms with Gasteiger partial charge in [-0.25, -0.2) is 0 Å². The molecule has 2 aliphatic rings. The first kappa shape index (κ1) is 18.5. The van der Waals surface area contributed by atoms with Crippen LogP contribution in [0.4, 0.5) is 10.9 Å². The van der Waals surface area contributed by atoms with Crippen LogP contribution in [0, 0.1) is 0 Å². The fourth-order valence-corrected chi connectivity index (χ4v) is 5.32. The van der Waals surface area contributed by atoms with Crippen molar-refractivity contribution in [3.05, 3.63) is 47.5 Å². The third-order valence-corrected chi connectivity index (χ3v) is 7.13. The van der Waals surface area contributed by atoms with Crippen LogP contribution in [0.5, 0.6) is 0 Å². The number of nitrogens with zero attached hydrogens (tertiary/aromatic N) is 6. The highest BCUT2D eigenvalue weighted by Crippen LogP contribution is 2.36. The second kappa shape index (κ2) is 8.45.